The highest BCUT2D eigenvalue weighted by atomic mass is 32.2. The van der Waals surface area contributed by atoms with Crippen LogP contribution in [0.15, 0.2) is 4.99 Å². The lowest BCUT2D eigenvalue weighted by Crippen LogP contribution is -2.32. The number of thioether (sulfide) groups is 1. The minimum atomic E-state index is -0.0546. The number of unbranched alkanes of at least 4 members (excludes halogenated alkanes) is 1. The van der Waals surface area contributed by atoms with Gasteiger partial charge in [0.1, 0.15) is 5.84 Å². The van der Waals surface area contributed by atoms with Gasteiger partial charge in [-0.3, -0.25) is 20.5 Å². The zero-order valence-corrected chi connectivity index (χ0v) is 11.6. The van der Waals surface area contributed by atoms with Crippen LogP contribution in [0.5, 0.6) is 0 Å². The Morgan fingerprint density at radius 3 is 2.71 bits per heavy atom. The highest BCUT2D eigenvalue weighted by Gasteiger charge is 2.14. The molecule has 6 heteroatoms. The molecule has 0 heterocycles. The van der Waals surface area contributed by atoms with Gasteiger partial charge in [-0.05, 0) is 39.0 Å². The molecule has 0 aliphatic rings. The zero-order chi connectivity index (χ0) is 13.1. The lowest BCUT2D eigenvalue weighted by Gasteiger charge is -2.13. The SMILES string of the molecule is CCSC(=O)[C@H](CCCCN=C(C)NO)NC. The molecule has 3 N–H and O–H groups in total. The Kier molecular flexibility index (Phi) is 10.2. The molecule has 0 radical (unpaired) electrons. The molecule has 0 aromatic rings. The molecule has 0 aromatic carbocycles. The number of likely N-dealkylation sites (N-methyl/N-ethyl adjacent to an activating group) is 1. The van der Waals surface area contributed by atoms with Gasteiger partial charge in [-0.25, -0.2) is 0 Å². The third kappa shape index (κ3) is 8.18. The topological polar surface area (TPSA) is 73.7 Å². The van der Waals surface area contributed by atoms with Crippen molar-refractivity contribution < 1.29 is 10.0 Å². The molecule has 100 valence electrons. The number of hydrogen-bond acceptors (Lipinski definition) is 5. The Balaban J connectivity index is 3.74. The van der Waals surface area contributed by atoms with Crippen LogP contribution in [0.25, 0.3) is 0 Å². The lowest BCUT2D eigenvalue weighted by molar-refractivity contribution is -0.112. The van der Waals surface area contributed by atoms with Crippen LogP contribution in [0, 0.1) is 0 Å². The van der Waals surface area contributed by atoms with Crippen molar-refractivity contribution in [2.24, 2.45) is 4.99 Å². The third-order valence-corrected chi connectivity index (χ3v) is 3.19. The summed E-state index contributed by atoms with van der Waals surface area (Å²) in [5.74, 6) is 1.34. The Labute approximate surface area is 107 Å². The molecule has 17 heavy (non-hydrogen) atoms. The van der Waals surface area contributed by atoms with E-state index in [9.17, 15) is 4.79 Å². The minimum absolute atomic E-state index is 0.0546. The fourth-order valence-electron chi connectivity index (χ4n) is 1.37. The Morgan fingerprint density at radius 2 is 2.18 bits per heavy atom. The largest absolute Gasteiger partial charge is 0.310 e. The van der Waals surface area contributed by atoms with E-state index in [4.69, 9.17) is 5.21 Å². The molecule has 0 saturated heterocycles. The number of hydroxylamine groups is 1. The molecular formula is C11H23N3O2S. The summed E-state index contributed by atoms with van der Waals surface area (Å²) in [6.45, 7) is 4.36. The maximum absolute atomic E-state index is 11.6. The molecule has 0 saturated carbocycles. The van der Waals surface area contributed by atoms with Crippen LogP contribution in [0.4, 0.5) is 0 Å². The van der Waals surface area contributed by atoms with Crippen molar-refractivity contribution in [1.29, 1.82) is 0 Å². The highest BCUT2D eigenvalue weighted by Crippen LogP contribution is 2.10. The van der Waals surface area contributed by atoms with E-state index >= 15 is 0 Å². The van der Waals surface area contributed by atoms with Crippen LogP contribution < -0.4 is 10.8 Å². The average Bonchev–Trinajstić information content (AvgIpc) is 2.33. The van der Waals surface area contributed by atoms with Crippen molar-refractivity contribution in [2.75, 3.05) is 19.3 Å². The Morgan fingerprint density at radius 1 is 1.47 bits per heavy atom. The lowest BCUT2D eigenvalue weighted by atomic mass is 10.1. The van der Waals surface area contributed by atoms with E-state index in [1.165, 1.54) is 11.8 Å². The second kappa shape index (κ2) is 10.6. The van der Waals surface area contributed by atoms with Crippen LogP contribution in [0.2, 0.25) is 0 Å². The quantitative estimate of drug-likeness (QED) is 0.267. The molecule has 0 unspecified atom stereocenters. The van der Waals surface area contributed by atoms with Crippen molar-refractivity contribution >= 4 is 22.7 Å². The summed E-state index contributed by atoms with van der Waals surface area (Å²) in [5, 5.41) is 11.8. The van der Waals surface area contributed by atoms with Gasteiger partial charge in [-0.15, -0.1) is 0 Å². The summed E-state index contributed by atoms with van der Waals surface area (Å²) in [4.78, 5) is 15.7. The molecule has 0 rings (SSSR count). The van der Waals surface area contributed by atoms with Gasteiger partial charge in [0.15, 0.2) is 0 Å². The van der Waals surface area contributed by atoms with Crippen molar-refractivity contribution in [3.63, 3.8) is 0 Å². The predicted octanol–water partition coefficient (Wildman–Crippen LogP) is 1.42. The van der Waals surface area contributed by atoms with E-state index < -0.39 is 0 Å². The second-order valence-electron chi connectivity index (χ2n) is 3.67. The fourth-order valence-corrected chi connectivity index (χ4v) is 2.09. The standard InChI is InChI=1S/C11H23N3O2S/c1-4-17-11(15)10(12-3)7-5-6-8-13-9(2)14-16/h10,12,16H,4-8H2,1-3H3,(H,13,14)/t10-/m0/s1. The molecule has 0 spiro atoms. The van der Waals surface area contributed by atoms with Gasteiger partial charge in [0, 0.05) is 6.54 Å². The summed E-state index contributed by atoms with van der Waals surface area (Å²) in [7, 11) is 1.82. The van der Waals surface area contributed by atoms with Gasteiger partial charge >= 0.3 is 0 Å². The minimum Gasteiger partial charge on any atom is -0.310 e. The van der Waals surface area contributed by atoms with E-state index in [0.717, 1.165) is 25.0 Å². The highest BCUT2D eigenvalue weighted by molar-refractivity contribution is 8.13. The van der Waals surface area contributed by atoms with Crippen LogP contribution in [-0.4, -0.2) is 41.5 Å². The summed E-state index contributed by atoms with van der Waals surface area (Å²) in [6.07, 6.45) is 2.70. The monoisotopic (exact) mass is 261 g/mol. The average molecular weight is 261 g/mol. The first-order valence-electron chi connectivity index (χ1n) is 5.90. The van der Waals surface area contributed by atoms with Gasteiger partial charge in [0.05, 0.1) is 6.04 Å². The van der Waals surface area contributed by atoms with Crippen molar-refractivity contribution in [1.82, 2.24) is 10.8 Å². The smallest absolute Gasteiger partial charge is 0.205 e. The molecule has 0 fully saturated rings. The summed E-state index contributed by atoms with van der Waals surface area (Å²) >= 11 is 1.36. The maximum atomic E-state index is 11.6. The van der Waals surface area contributed by atoms with Gasteiger partial charge < -0.3 is 5.32 Å². The van der Waals surface area contributed by atoms with Crippen LogP contribution >= 0.6 is 11.8 Å². The molecular weight excluding hydrogens is 238 g/mol. The summed E-state index contributed by atoms with van der Waals surface area (Å²) < 4.78 is 0. The molecule has 0 aliphatic heterocycles. The number of carbonyl (C=O) groups is 1. The van der Waals surface area contributed by atoms with Gasteiger partial charge in [0.25, 0.3) is 0 Å². The number of aliphatic imine (C=N–C) groups is 1. The van der Waals surface area contributed by atoms with Crippen molar-refractivity contribution in [3.05, 3.63) is 0 Å². The Hall–Kier alpha value is -0.590. The van der Waals surface area contributed by atoms with Crippen LogP contribution in [0.1, 0.15) is 33.1 Å². The first kappa shape index (κ1) is 16.4. The summed E-state index contributed by atoms with van der Waals surface area (Å²) in [6, 6.07) is -0.0546. The normalized spacial score (nSPS) is 13.5. The third-order valence-electron chi connectivity index (χ3n) is 2.33. The first-order chi connectivity index (χ1) is 8.15. The van der Waals surface area contributed by atoms with E-state index in [2.05, 4.69) is 10.3 Å². The van der Waals surface area contributed by atoms with E-state index in [0.29, 0.717) is 12.4 Å². The number of amidine groups is 1. The molecule has 0 aliphatic carbocycles. The zero-order valence-electron chi connectivity index (χ0n) is 10.8. The molecule has 5 nitrogen and oxygen atoms in total. The number of nitrogens with zero attached hydrogens (tertiary/aromatic N) is 1. The maximum Gasteiger partial charge on any atom is 0.205 e. The number of hydrogen-bond donors (Lipinski definition) is 3. The molecule has 0 amide bonds. The Bertz CT molecular complexity index is 247. The van der Waals surface area contributed by atoms with Gasteiger partial charge in [-0.1, -0.05) is 18.7 Å². The van der Waals surface area contributed by atoms with E-state index in [-0.39, 0.29) is 11.2 Å². The fraction of sp³-hybridized carbons (Fsp3) is 0.818. The van der Waals surface area contributed by atoms with Crippen molar-refractivity contribution in [3.8, 4) is 0 Å². The number of carbonyl (C=O) groups excluding carboxylic acids is 1. The molecule has 1 atom stereocenters. The summed E-state index contributed by atoms with van der Waals surface area (Å²) in [5.41, 5.74) is 1.99. The number of nitrogens with one attached hydrogen (secondary N) is 2. The van der Waals surface area contributed by atoms with Crippen LogP contribution in [-0.2, 0) is 4.79 Å². The predicted molar refractivity (Wildman–Crippen MR) is 72.7 cm³/mol. The van der Waals surface area contributed by atoms with E-state index in [1.807, 2.05) is 19.5 Å². The molecule has 0 bridgehead atoms. The van der Waals surface area contributed by atoms with Gasteiger partial charge in [-0.2, -0.15) is 0 Å². The van der Waals surface area contributed by atoms with E-state index in [1.54, 1.807) is 6.92 Å². The van der Waals surface area contributed by atoms with Crippen molar-refractivity contribution in [2.45, 2.75) is 39.2 Å². The second-order valence-corrected chi connectivity index (χ2v) is 4.94. The van der Waals surface area contributed by atoms with Gasteiger partial charge in [0.2, 0.25) is 5.12 Å². The first-order valence-corrected chi connectivity index (χ1v) is 6.89. The number of rotatable bonds is 8. The molecule has 0 aromatic heterocycles. The van der Waals surface area contributed by atoms with Crippen LogP contribution in [0.3, 0.4) is 0 Å².